The van der Waals surface area contributed by atoms with E-state index in [0.29, 0.717) is 17.1 Å². The molecule has 1 aromatic carbocycles. The Morgan fingerprint density at radius 3 is 2.85 bits per heavy atom. The summed E-state index contributed by atoms with van der Waals surface area (Å²) >= 11 is 5.95. The molecule has 0 saturated carbocycles. The van der Waals surface area contributed by atoms with Crippen molar-refractivity contribution in [1.82, 2.24) is 0 Å². The van der Waals surface area contributed by atoms with Crippen molar-refractivity contribution in [2.45, 2.75) is 0 Å². The first-order chi connectivity index (χ1) is 6.29. The van der Waals surface area contributed by atoms with E-state index in [1.54, 1.807) is 19.3 Å². The minimum absolute atomic E-state index is 0.517. The van der Waals surface area contributed by atoms with E-state index in [2.05, 4.69) is 0 Å². The Morgan fingerprint density at radius 2 is 2.23 bits per heavy atom. The summed E-state index contributed by atoms with van der Waals surface area (Å²) in [5.74, 6) is 0.606. The Kier molecular flexibility index (Phi) is 3.53. The van der Waals surface area contributed by atoms with Crippen LogP contribution in [0.5, 0.6) is 5.75 Å². The van der Waals surface area contributed by atoms with Crippen molar-refractivity contribution < 1.29 is 9.53 Å². The van der Waals surface area contributed by atoms with Crippen LogP contribution < -0.4 is 4.74 Å². The Hall–Kier alpha value is -1.28. The van der Waals surface area contributed by atoms with Gasteiger partial charge < -0.3 is 4.74 Å². The monoisotopic (exact) mass is 196 g/mol. The van der Waals surface area contributed by atoms with Gasteiger partial charge in [-0.1, -0.05) is 29.8 Å². The van der Waals surface area contributed by atoms with Gasteiger partial charge in [-0.15, -0.1) is 0 Å². The predicted molar refractivity (Wildman–Crippen MR) is 53.1 cm³/mol. The van der Waals surface area contributed by atoms with Gasteiger partial charge in [0, 0.05) is 0 Å². The summed E-state index contributed by atoms with van der Waals surface area (Å²) in [6.45, 7) is 0. The van der Waals surface area contributed by atoms with Crippen LogP contribution in [0, 0.1) is 0 Å². The van der Waals surface area contributed by atoms with E-state index in [1.807, 2.05) is 12.1 Å². The summed E-state index contributed by atoms with van der Waals surface area (Å²) in [6.07, 6.45) is 3.73. The number of halogens is 1. The smallest absolute Gasteiger partial charge is 0.142 e. The SMILES string of the molecule is COc1cccc(/C=C/C=O)c1Cl. The lowest BCUT2D eigenvalue weighted by Crippen LogP contribution is -1.85. The first kappa shape index (κ1) is 9.81. The summed E-state index contributed by atoms with van der Waals surface area (Å²) < 4.78 is 5.01. The minimum atomic E-state index is 0.517. The van der Waals surface area contributed by atoms with Gasteiger partial charge in [0.25, 0.3) is 0 Å². The van der Waals surface area contributed by atoms with E-state index in [1.165, 1.54) is 6.08 Å². The predicted octanol–water partition coefficient (Wildman–Crippen LogP) is 2.56. The van der Waals surface area contributed by atoms with Gasteiger partial charge in [0.2, 0.25) is 0 Å². The highest BCUT2D eigenvalue weighted by Gasteiger charge is 2.02. The molecule has 1 rings (SSSR count). The Labute approximate surface area is 81.8 Å². The fraction of sp³-hybridized carbons (Fsp3) is 0.100. The molecule has 13 heavy (non-hydrogen) atoms. The van der Waals surface area contributed by atoms with E-state index in [-0.39, 0.29) is 0 Å². The number of rotatable bonds is 3. The summed E-state index contributed by atoms with van der Waals surface area (Å²) in [6, 6.07) is 5.39. The first-order valence-electron chi connectivity index (χ1n) is 3.74. The second-order valence-corrected chi connectivity index (χ2v) is 2.74. The molecular weight excluding hydrogens is 188 g/mol. The summed E-state index contributed by atoms with van der Waals surface area (Å²) in [5, 5.41) is 0.517. The molecule has 0 spiro atoms. The van der Waals surface area contributed by atoms with E-state index in [4.69, 9.17) is 16.3 Å². The van der Waals surface area contributed by atoms with Gasteiger partial charge in [-0.2, -0.15) is 0 Å². The maximum atomic E-state index is 10.1. The lowest BCUT2D eigenvalue weighted by atomic mass is 10.2. The normalized spacial score (nSPS) is 10.3. The molecule has 0 aliphatic rings. The standard InChI is InChI=1S/C10H9ClO2/c1-13-9-6-2-4-8(10(9)11)5-3-7-12/h2-7H,1H3/b5-3+. The van der Waals surface area contributed by atoms with Crippen molar-refractivity contribution in [3.63, 3.8) is 0 Å². The van der Waals surface area contributed by atoms with Crippen molar-refractivity contribution in [3.05, 3.63) is 34.9 Å². The van der Waals surface area contributed by atoms with E-state index < -0.39 is 0 Å². The first-order valence-corrected chi connectivity index (χ1v) is 4.11. The summed E-state index contributed by atoms with van der Waals surface area (Å²) in [5.41, 5.74) is 0.771. The third-order valence-electron chi connectivity index (χ3n) is 1.57. The maximum absolute atomic E-state index is 10.1. The second kappa shape index (κ2) is 4.67. The van der Waals surface area contributed by atoms with Gasteiger partial charge in [0.1, 0.15) is 12.0 Å². The zero-order valence-electron chi connectivity index (χ0n) is 7.16. The molecule has 0 aromatic heterocycles. The molecule has 3 heteroatoms. The zero-order valence-corrected chi connectivity index (χ0v) is 7.91. The van der Waals surface area contributed by atoms with Gasteiger partial charge in [-0.05, 0) is 17.7 Å². The van der Waals surface area contributed by atoms with Gasteiger partial charge in [-0.25, -0.2) is 0 Å². The summed E-state index contributed by atoms with van der Waals surface area (Å²) in [7, 11) is 1.55. The van der Waals surface area contributed by atoms with Crippen LogP contribution in [0.2, 0.25) is 5.02 Å². The fourth-order valence-corrected chi connectivity index (χ4v) is 1.22. The van der Waals surface area contributed by atoms with Crippen LogP contribution in [-0.2, 0) is 4.79 Å². The van der Waals surface area contributed by atoms with Crippen LogP contribution in [0.3, 0.4) is 0 Å². The van der Waals surface area contributed by atoms with Crippen molar-refractivity contribution in [2.75, 3.05) is 7.11 Å². The number of benzene rings is 1. The fourth-order valence-electron chi connectivity index (χ4n) is 0.957. The molecule has 68 valence electrons. The van der Waals surface area contributed by atoms with Crippen molar-refractivity contribution in [1.29, 1.82) is 0 Å². The quantitative estimate of drug-likeness (QED) is 0.549. The van der Waals surface area contributed by atoms with Crippen LogP contribution in [0.4, 0.5) is 0 Å². The maximum Gasteiger partial charge on any atom is 0.142 e. The number of hydrogen-bond acceptors (Lipinski definition) is 2. The second-order valence-electron chi connectivity index (χ2n) is 2.36. The molecule has 2 nitrogen and oxygen atoms in total. The van der Waals surface area contributed by atoms with E-state index in [9.17, 15) is 4.79 Å². The molecule has 0 bridgehead atoms. The molecule has 0 aliphatic carbocycles. The molecule has 0 saturated heterocycles. The highest BCUT2D eigenvalue weighted by Crippen LogP contribution is 2.28. The van der Waals surface area contributed by atoms with Crippen LogP contribution in [0.15, 0.2) is 24.3 Å². The van der Waals surface area contributed by atoms with Gasteiger partial charge in [-0.3, -0.25) is 4.79 Å². The average molecular weight is 197 g/mol. The van der Waals surface area contributed by atoms with Crippen LogP contribution in [0.25, 0.3) is 6.08 Å². The molecular formula is C10H9ClO2. The summed E-state index contributed by atoms with van der Waals surface area (Å²) in [4.78, 5) is 10.1. The number of ether oxygens (including phenoxy) is 1. The topological polar surface area (TPSA) is 26.3 Å². The van der Waals surface area contributed by atoms with Crippen molar-refractivity contribution >= 4 is 24.0 Å². The molecule has 0 atom stereocenters. The van der Waals surface area contributed by atoms with Crippen molar-refractivity contribution in [2.24, 2.45) is 0 Å². The minimum Gasteiger partial charge on any atom is -0.495 e. The molecule has 0 fully saturated rings. The van der Waals surface area contributed by atoms with Gasteiger partial charge in [0.05, 0.1) is 12.1 Å². The Bertz CT molecular complexity index is 332. The number of allylic oxidation sites excluding steroid dienone is 1. The van der Waals surface area contributed by atoms with Crippen molar-refractivity contribution in [3.8, 4) is 5.75 Å². The lowest BCUT2D eigenvalue weighted by molar-refractivity contribution is -0.104. The number of aldehydes is 1. The molecule has 0 aliphatic heterocycles. The van der Waals surface area contributed by atoms with E-state index >= 15 is 0 Å². The molecule has 0 amide bonds. The molecule has 0 N–H and O–H groups in total. The zero-order chi connectivity index (χ0) is 9.68. The molecule has 0 radical (unpaired) electrons. The average Bonchev–Trinajstić information content (AvgIpc) is 2.16. The molecule has 0 unspecified atom stereocenters. The molecule has 0 heterocycles. The number of hydrogen-bond donors (Lipinski definition) is 0. The van der Waals surface area contributed by atoms with Crippen LogP contribution in [-0.4, -0.2) is 13.4 Å². The van der Waals surface area contributed by atoms with Crippen LogP contribution in [0.1, 0.15) is 5.56 Å². The number of methoxy groups -OCH3 is 1. The third kappa shape index (κ3) is 2.33. The van der Waals surface area contributed by atoms with E-state index in [0.717, 1.165) is 5.56 Å². The Morgan fingerprint density at radius 1 is 1.46 bits per heavy atom. The van der Waals surface area contributed by atoms with Gasteiger partial charge >= 0.3 is 0 Å². The number of carbonyl (C=O) groups is 1. The Balaban J connectivity index is 3.07. The lowest BCUT2D eigenvalue weighted by Gasteiger charge is -2.04. The van der Waals surface area contributed by atoms with Crippen LogP contribution >= 0.6 is 11.6 Å². The highest BCUT2D eigenvalue weighted by molar-refractivity contribution is 6.33. The highest BCUT2D eigenvalue weighted by atomic mass is 35.5. The van der Waals surface area contributed by atoms with Gasteiger partial charge in [0.15, 0.2) is 0 Å². The molecule has 1 aromatic rings. The largest absolute Gasteiger partial charge is 0.495 e. The number of carbonyl (C=O) groups excluding carboxylic acids is 1. The third-order valence-corrected chi connectivity index (χ3v) is 1.97.